The van der Waals surface area contributed by atoms with Gasteiger partial charge in [-0.3, -0.25) is 4.90 Å². The first-order valence-electron chi connectivity index (χ1n) is 6.22. The van der Waals surface area contributed by atoms with E-state index in [1.54, 1.807) is 0 Å². The second kappa shape index (κ2) is 5.28. The average Bonchev–Trinajstić information content (AvgIpc) is 2.78. The van der Waals surface area contributed by atoms with Gasteiger partial charge in [0.2, 0.25) is 0 Å². The molecule has 1 aliphatic carbocycles. The lowest BCUT2D eigenvalue weighted by atomic mass is 10.1. The van der Waals surface area contributed by atoms with Crippen molar-refractivity contribution < 1.29 is 4.74 Å². The van der Waals surface area contributed by atoms with Crippen LogP contribution in [0.25, 0.3) is 0 Å². The Bertz CT molecular complexity index is 196. The van der Waals surface area contributed by atoms with Crippen LogP contribution < -0.4 is 0 Å². The smallest absolute Gasteiger partial charge is 0.0594 e. The van der Waals surface area contributed by atoms with Crippen LogP contribution in [0.1, 0.15) is 19.3 Å². The molecule has 0 amide bonds. The highest BCUT2D eigenvalue weighted by Crippen LogP contribution is 2.36. The molecule has 0 spiro atoms. The monoisotopic (exact) mass is 212 g/mol. The minimum absolute atomic E-state index is 0.870. The van der Waals surface area contributed by atoms with Gasteiger partial charge in [0.05, 0.1) is 13.2 Å². The maximum atomic E-state index is 5.63. The maximum Gasteiger partial charge on any atom is 0.0594 e. The quantitative estimate of drug-likeness (QED) is 0.612. The van der Waals surface area contributed by atoms with E-state index in [9.17, 15) is 0 Å². The summed E-state index contributed by atoms with van der Waals surface area (Å²) in [6.07, 6.45) is 4.36. The first-order valence-corrected chi connectivity index (χ1v) is 6.22. The minimum atomic E-state index is 0.870. The molecule has 2 rings (SSSR count). The van der Waals surface area contributed by atoms with Crippen molar-refractivity contribution in [2.75, 3.05) is 46.9 Å². The van der Waals surface area contributed by atoms with Gasteiger partial charge in [0, 0.05) is 25.7 Å². The molecule has 2 atom stereocenters. The molecule has 0 aromatic heterocycles. The Hall–Kier alpha value is -0.120. The molecule has 1 saturated heterocycles. The first-order chi connectivity index (χ1) is 7.25. The van der Waals surface area contributed by atoms with Crippen LogP contribution in [0, 0.1) is 5.92 Å². The molecule has 2 fully saturated rings. The van der Waals surface area contributed by atoms with Crippen LogP contribution in [0.4, 0.5) is 0 Å². The fourth-order valence-corrected chi connectivity index (χ4v) is 2.83. The lowest BCUT2D eigenvalue weighted by molar-refractivity contribution is 0.0828. The van der Waals surface area contributed by atoms with Crippen LogP contribution in [0.2, 0.25) is 0 Å². The number of ether oxygens (including phenoxy) is 1. The summed E-state index contributed by atoms with van der Waals surface area (Å²) in [5, 5.41) is 0. The summed E-state index contributed by atoms with van der Waals surface area (Å²) >= 11 is 0. The second-order valence-corrected chi connectivity index (χ2v) is 5.24. The van der Waals surface area contributed by atoms with Crippen molar-refractivity contribution >= 4 is 0 Å². The van der Waals surface area contributed by atoms with Crippen LogP contribution >= 0.6 is 0 Å². The van der Waals surface area contributed by atoms with Gasteiger partial charge >= 0.3 is 0 Å². The van der Waals surface area contributed by atoms with Gasteiger partial charge in [-0.2, -0.15) is 0 Å². The topological polar surface area (TPSA) is 15.7 Å². The highest BCUT2D eigenvalue weighted by Gasteiger charge is 2.36. The molecule has 1 saturated carbocycles. The van der Waals surface area contributed by atoms with Crippen LogP contribution in [-0.2, 0) is 4.74 Å². The van der Waals surface area contributed by atoms with Gasteiger partial charge in [0.1, 0.15) is 0 Å². The van der Waals surface area contributed by atoms with Gasteiger partial charge in [0.25, 0.3) is 0 Å². The number of hydrogen-bond donors (Lipinski definition) is 0. The average molecular weight is 212 g/mol. The van der Waals surface area contributed by atoms with Crippen LogP contribution in [-0.4, -0.2) is 62.8 Å². The van der Waals surface area contributed by atoms with Crippen molar-refractivity contribution in [3.8, 4) is 0 Å². The molecule has 1 aliphatic heterocycles. The zero-order valence-electron chi connectivity index (χ0n) is 10.1. The summed E-state index contributed by atoms with van der Waals surface area (Å²) in [4.78, 5) is 4.79. The summed E-state index contributed by atoms with van der Waals surface area (Å²) in [7, 11) is 4.17. The number of nitrogens with zero attached hydrogens (tertiary/aromatic N) is 2. The van der Waals surface area contributed by atoms with E-state index in [1.807, 2.05) is 0 Å². The Morgan fingerprint density at radius 3 is 2.73 bits per heavy atom. The molecule has 1 heterocycles. The number of fused-ring (bicyclic) bond motifs is 2. The highest BCUT2D eigenvalue weighted by atomic mass is 16.5. The third-order valence-corrected chi connectivity index (χ3v) is 3.73. The van der Waals surface area contributed by atoms with Gasteiger partial charge in [0.15, 0.2) is 0 Å². The van der Waals surface area contributed by atoms with Gasteiger partial charge in [-0.25, -0.2) is 0 Å². The minimum Gasteiger partial charge on any atom is -0.379 e. The third-order valence-electron chi connectivity index (χ3n) is 3.73. The van der Waals surface area contributed by atoms with Crippen LogP contribution in [0.5, 0.6) is 0 Å². The van der Waals surface area contributed by atoms with Gasteiger partial charge in [-0.1, -0.05) is 0 Å². The standard InChI is InChI=1S/C12H24N2O/c1-13(2)5-7-15-8-6-14-10-11-3-4-12(14)9-11/h11-12H,3-10H2,1-2H3. The SMILES string of the molecule is CN(C)CCOCCN1CC2CCC1C2. The molecule has 3 nitrogen and oxygen atoms in total. The Balaban J connectivity index is 1.51. The second-order valence-electron chi connectivity index (χ2n) is 5.24. The first kappa shape index (κ1) is 11.4. The lowest BCUT2D eigenvalue weighted by Crippen LogP contribution is -2.35. The summed E-state index contributed by atoms with van der Waals surface area (Å²) in [6.45, 7) is 5.30. The zero-order valence-corrected chi connectivity index (χ0v) is 10.1. The zero-order chi connectivity index (χ0) is 10.7. The van der Waals surface area contributed by atoms with E-state index in [0.29, 0.717) is 0 Å². The third kappa shape index (κ3) is 3.16. The molecular weight excluding hydrogens is 188 g/mol. The molecule has 0 radical (unpaired) electrons. The number of piperidine rings is 1. The lowest BCUT2D eigenvalue weighted by Gasteiger charge is -2.26. The molecule has 2 unspecified atom stereocenters. The predicted octanol–water partition coefficient (Wildman–Crippen LogP) is 1.05. The number of hydrogen-bond acceptors (Lipinski definition) is 3. The Morgan fingerprint density at radius 1 is 1.27 bits per heavy atom. The highest BCUT2D eigenvalue weighted by molar-refractivity contribution is 4.91. The normalized spacial score (nSPS) is 30.6. The van der Waals surface area contributed by atoms with Crippen molar-refractivity contribution in [3.05, 3.63) is 0 Å². The maximum absolute atomic E-state index is 5.63. The molecule has 88 valence electrons. The van der Waals surface area contributed by atoms with E-state index in [-0.39, 0.29) is 0 Å². The molecule has 2 aliphatic rings. The van der Waals surface area contributed by atoms with E-state index in [1.165, 1.54) is 25.8 Å². The van der Waals surface area contributed by atoms with Crippen molar-refractivity contribution in [3.63, 3.8) is 0 Å². The molecule has 2 bridgehead atoms. The summed E-state index contributed by atoms with van der Waals surface area (Å²) in [5.74, 6) is 1.01. The molecule has 0 aromatic rings. The van der Waals surface area contributed by atoms with Crippen molar-refractivity contribution in [2.45, 2.75) is 25.3 Å². The number of likely N-dealkylation sites (N-methyl/N-ethyl adjacent to an activating group) is 1. The number of likely N-dealkylation sites (tertiary alicyclic amines) is 1. The number of rotatable bonds is 6. The predicted molar refractivity (Wildman–Crippen MR) is 62.1 cm³/mol. The fraction of sp³-hybridized carbons (Fsp3) is 1.00. The van der Waals surface area contributed by atoms with E-state index < -0.39 is 0 Å². The van der Waals surface area contributed by atoms with Crippen molar-refractivity contribution in [1.29, 1.82) is 0 Å². The van der Waals surface area contributed by atoms with E-state index in [2.05, 4.69) is 23.9 Å². The molecular formula is C12H24N2O. The van der Waals surface area contributed by atoms with E-state index >= 15 is 0 Å². The largest absolute Gasteiger partial charge is 0.379 e. The van der Waals surface area contributed by atoms with Gasteiger partial charge in [-0.15, -0.1) is 0 Å². The Labute approximate surface area is 93.4 Å². The van der Waals surface area contributed by atoms with Gasteiger partial charge < -0.3 is 9.64 Å². The van der Waals surface area contributed by atoms with Crippen molar-refractivity contribution in [1.82, 2.24) is 9.80 Å². The summed E-state index contributed by atoms with van der Waals surface area (Å²) in [5.41, 5.74) is 0. The van der Waals surface area contributed by atoms with E-state index in [4.69, 9.17) is 4.74 Å². The fourth-order valence-electron chi connectivity index (χ4n) is 2.83. The Kier molecular flexibility index (Phi) is 4.00. The molecule has 0 aromatic carbocycles. The van der Waals surface area contributed by atoms with E-state index in [0.717, 1.165) is 38.3 Å². The van der Waals surface area contributed by atoms with Gasteiger partial charge in [-0.05, 0) is 39.3 Å². The summed E-state index contributed by atoms with van der Waals surface area (Å²) in [6, 6.07) is 0.896. The summed E-state index contributed by atoms with van der Waals surface area (Å²) < 4.78 is 5.63. The van der Waals surface area contributed by atoms with Crippen LogP contribution in [0.3, 0.4) is 0 Å². The molecule has 3 heteroatoms. The van der Waals surface area contributed by atoms with Crippen LogP contribution in [0.15, 0.2) is 0 Å². The van der Waals surface area contributed by atoms with Crippen molar-refractivity contribution in [2.24, 2.45) is 5.92 Å². The molecule has 0 N–H and O–H groups in total. The molecule has 15 heavy (non-hydrogen) atoms. The Morgan fingerprint density at radius 2 is 2.13 bits per heavy atom.